The number of hydrazine groups is 1. The molecule has 0 saturated heterocycles. The molecule has 7 heteroatoms. The Morgan fingerprint density at radius 3 is 2.84 bits per heavy atom. The third-order valence-corrected chi connectivity index (χ3v) is 5.15. The van der Waals surface area contributed by atoms with Gasteiger partial charge in [0.1, 0.15) is 0 Å². The first-order chi connectivity index (χ1) is 9.17. The summed E-state index contributed by atoms with van der Waals surface area (Å²) < 4.78 is 1.14. The summed E-state index contributed by atoms with van der Waals surface area (Å²) >= 11 is 3.11. The van der Waals surface area contributed by atoms with E-state index in [0.29, 0.717) is 4.88 Å². The molecule has 2 rings (SSSR count). The van der Waals surface area contributed by atoms with Gasteiger partial charge in [-0.3, -0.25) is 10.2 Å². The van der Waals surface area contributed by atoms with Crippen molar-refractivity contribution in [3.8, 4) is 0 Å². The van der Waals surface area contributed by atoms with Gasteiger partial charge in [-0.1, -0.05) is 12.2 Å². The predicted octanol–water partition coefficient (Wildman–Crippen LogP) is 2.00. The molecule has 0 bridgehead atoms. The van der Waals surface area contributed by atoms with Gasteiger partial charge in [0.2, 0.25) is 0 Å². The second kappa shape index (κ2) is 6.12. The van der Waals surface area contributed by atoms with Crippen molar-refractivity contribution in [2.75, 3.05) is 13.3 Å². The summed E-state index contributed by atoms with van der Waals surface area (Å²) in [7, 11) is 1.49. The number of carbonyl (C=O) groups excluding carboxylic acids is 2. The summed E-state index contributed by atoms with van der Waals surface area (Å²) in [4.78, 5) is 23.8. The average Bonchev–Trinajstić information content (AvgIpc) is 2.83. The molecule has 0 radical (unpaired) electrons. The summed E-state index contributed by atoms with van der Waals surface area (Å²) in [5, 5.41) is 2.37. The van der Waals surface area contributed by atoms with Gasteiger partial charge in [-0.25, -0.2) is 10.2 Å². The number of carbonyl (C=O) groups is 2. The zero-order chi connectivity index (χ0) is 13.8. The number of urea groups is 1. The van der Waals surface area contributed by atoms with Crippen molar-refractivity contribution in [3.05, 3.63) is 22.1 Å². The molecule has 19 heavy (non-hydrogen) atoms. The molecule has 102 valence electrons. The zero-order valence-corrected chi connectivity index (χ0v) is 12.3. The maximum absolute atomic E-state index is 12.1. The molecule has 1 aliphatic rings. The van der Waals surface area contributed by atoms with Crippen molar-refractivity contribution in [2.45, 2.75) is 17.1 Å². The SMILES string of the molecule is CNC(=O)NNC(=O)c1sc(SC)c2c1CCC=C2. The van der Waals surface area contributed by atoms with Crippen molar-refractivity contribution in [3.63, 3.8) is 0 Å². The van der Waals surface area contributed by atoms with Crippen molar-refractivity contribution < 1.29 is 9.59 Å². The van der Waals surface area contributed by atoms with Crippen LogP contribution >= 0.6 is 23.1 Å². The minimum absolute atomic E-state index is 0.263. The highest BCUT2D eigenvalue weighted by Gasteiger charge is 2.22. The van der Waals surface area contributed by atoms with E-state index in [2.05, 4.69) is 28.3 Å². The number of rotatable bonds is 2. The average molecular weight is 297 g/mol. The Kier molecular flexibility index (Phi) is 4.49. The van der Waals surface area contributed by atoms with Gasteiger partial charge >= 0.3 is 6.03 Å². The lowest BCUT2D eigenvalue weighted by atomic mass is 10.00. The van der Waals surface area contributed by atoms with Crippen LogP contribution in [0.5, 0.6) is 0 Å². The highest BCUT2D eigenvalue weighted by molar-refractivity contribution is 8.00. The molecule has 0 saturated carbocycles. The predicted molar refractivity (Wildman–Crippen MR) is 78.5 cm³/mol. The van der Waals surface area contributed by atoms with E-state index >= 15 is 0 Å². The molecular formula is C12H15N3O2S2. The maximum Gasteiger partial charge on any atom is 0.333 e. The minimum Gasteiger partial charge on any atom is -0.340 e. The van der Waals surface area contributed by atoms with Crippen LogP contribution < -0.4 is 16.2 Å². The van der Waals surface area contributed by atoms with E-state index in [-0.39, 0.29) is 5.91 Å². The Morgan fingerprint density at radius 1 is 1.37 bits per heavy atom. The summed E-state index contributed by atoms with van der Waals surface area (Å²) in [6, 6.07) is -0.441. The Balaban J connectivity index is 2.20. The lowest BCUT2D eigenvalue weighted by Gasteiger charge is -2.09. The zero-order valence-electron chi connectivity index (χ0n) is 10.7. The van der Waals surface area contributed by atoms with Crippen LogP contribution in [0.15, 0.2) is 10.3 Å². The molecule has 1 aliphatic carbocycles. The molecule has 3 N–H and O–H groups in total. The number of allylic oxidation sites excluding steroid dienone is 1. The molecule has 0 atom stereocenters. The van der Waals surface area contributed by atoms with Gasteiger partial charge in [0.15, 0.2) is 0 Å². The Morgan fingerprint density at radius 2 is 2.16 bits per heavy atom. The van der Waals surface area contributed by atoms with Crippen molar-refractivity contribution >= 4 is 41.1 Å². The highest BCUT2D eigenvalue weighted by atomic mass is 32.2. The fourth-order valence-corrected chi connectivity index (χ4v) is 3.83. The summed E-state index contributed by atoms with van der Waals surface area (Å²) in [5.41, 5.74) is 6.93. The van der Waals surface area contributed by atoms with Gasteiger partial charge in [-0.05, 0) is 24.7 Å². The first kappa shape index (κ1) is 14.0. The molecule has 0 fully saturated rings. The molecule has 0 spiro atoms. The Labute approximate surface area is 119 Å². The first-order valence-corrected chi connectivity index (χ1v) is 7.85. The molecule has 1 aromatic rings. The number of amides is 3. The Bertz CT molecular complexity index is 537. The van der Waals surface area contributed by atoms with E-state index in [1.54, 1.807) is 11.8 Å². The number of thiophene rings is 1. The number of nitrogens with one attached hydrogen (secondary N) is 3. The summed E-state index contributed by atoms with van der Waals surface area (Å²) in [6.07, 6.45) is 8.01. The van der Waals surface area contributed by atoms with E-state index in [4.69, 9.17) is 0 Å². The monoisotopic (exact) mass is 297 g/mol. The first-order valence-electron chi connectivity index (χ1n) is 5.81. The van der Waals surface area contributed by atoms with Gasteiger partial charge in [-0.15, -0.1) is 23.1 Å². The fraction of sp³-hybridized carbons (Fsp3) is 0.333. The standard InChI is InChI=1S/C12H15N3O2S2/c1-13-12(17)15-14-10(16)9-7-5-3-4-6-8(7)11(18-2)19-9/h4,6H,3,5H2,1-2H3,(H,14,16)(H2,13,15,17). The van der Waals surface area contributed by atoms with Crippen LogP contribution in [0.4, 0.5) is 4.79 Å². The van der Waals surface area contributed by atoms with E-state index in [0.717, 1.165) is 28.2 Å². The molecule has 0 aromatic carbocycles. The molecular weight excluding hydrogens is 282 g/mol. The third kappa shape index (κ3) is 2.93. The van der Waals surface area contributed by atoms with Gasteiger partial charge < -0.3 is 5.32 Å². The van der Waals surface area contributed by atoms with E-state index in [1.165, 1.54) is 18.4 Å². The summed E-state index contributed by atoms with van der Waals surface area (Å²) in [5.74, 6) is -0.263. The molecule has 0 unspecified atom stereocenters. The van der Waals surface area contributed by atoms with Crippen molar-refractivity contribution in [2.24, 2.45) is 0 Å². The quantitative estimate of drug-likeness (QED) is 0.577. The number of fused-ring (bicyclic) bond motifs is 1. The van der Waals surface area contributed by atoms with Gasteiger partial charge in [-0.2, -0.15) is 0 Å². The number of hydrogen-bond donors (Lipinski definition) is 3. The lowest BCUT2D eigenvalue weighted by Crippen LogP contribution is -2.45. The highest BCUT2D eigenvalue weighted by Crippen LogP contribution is 2.38. The van der Waals surface area contributed by atoms with Gasteiger partial charge in [0.25, 0.3) is 5.91 Å². The van der Waals surface area contributed by atoms with E-state index in [9.17, 15) is 9.59 Å². The van der Waals surface area contributed by atoms with E-state index < -0.39 is 6.03 Å². The molecule has 1 aromatic heterocycles. The van der Waals surface area contributed by atoms with Crippen LogP contribution in [0, 0.1) is 0 Å². The molecule has 3 amide bonds. The Hall–Kier alpha value is -1.47. The molecule has 1 heterocycles. The van der Waals surface area contributed by atoms with E-state index in [1.807, 2.05) is 6.26 Å². The van der Waals surface area contributed by atoms with Crippen molar-refractivity contribution in [1.29, 1.82) is 0 Å². The lowest BCUT2D eigenvalue weighted by molar-refractivity contribution is 0.0939. The second-order valence-corrected chi connectivity index (χ2v) is 6.01. The normalized spacial score (nSPS) is 12.7. The smallest absolute Gasteiger partial charge is 0.333 e. The fourth-order valence-electron chi connectivity index (χ4n) is 1.87. The molecule has 0 aliphatic heterocycles. The number of thioether (sulfide) groups is 1. The van der Waals surface area contributed by atoms with Crippen LogP contribution in [0.1, 0.15) is 27.2 Å². The number of hydrogen-bond acceptors (Lipinski definition) is 4. The largest absolute Gasteiger partial charge is 0.340 e. The topological polar surface area (TPSA) is 70.2 Å². The van der Waals surface area contributed by atoms with Crippen LogP contribution in [0.3, 0.4) is 0 Å². The van der Waals surface area contributed by atoms with Crippen LogP contribution in [0.2, 0.25) is 0 Å². The van der Waals surface area contributed by atoms with Crippen LogP contribution in [-0.4, -0.2) is 25.2 Å². The maximum atomic E-state index is 12.1. The van der Waals surface area contributed by atoms with Gasteiger partial charge in [0.05, 0.1) is 9.09 Å². The van der Waals surface area contributed by atoms with Crippen LogP contribution in [0.25, 0.3) is 6.08 Å². The van der Waals surface area contributed by atoms with Crippen LogP contribution in [-0.2, 0) is 6.42 Å². The summed E-state index contributed by atoms with van der Waals surface area (Å²) in [6.45, 7) is 0. The van der Waals surface area contributed by atoms with Gasteiger partial charge in [0, 0.05) is 12.6 Å². The van der Waals surface area contributed by atoms with Crippen molar-refractivity contribution in [1.82, 2.24) is 16.2 Å². The second-order valence-electron chi connectivity index (χ2n) is 3.91. The minimum atomic E-state index is -0.441. The molecule has 5 nitrogen and oxygen atoms in total. The third-order valence-electron chi connectivity index (χ3n) is 2.77.